The molecular weight excluding hydrogens is 393 g/mol. The second-order valence-corrected chi connectivity index (χ2v) is 8.30. The van der Waals surface area contributed by atoms with Gasteiger partial charge < -0.3 is 9.80 Å². The number of hydrogen-bond donors (Lipinski definition) is 1. The number of halogens is 1. The van der Waals surface area contributed by atoms with Crippen LogP contribution in [-0.4, -0.2) is 44.8 Å². The molecule has 1 fully saturated rings. The molecule has 29 heavy (non-hydrogen) atoms. The van der Waals surface area contributed by atoms with E-state index in [1.165, 1.54) is 18.2 Å². The van der Waals surface area contributed by atoms with Crippen LogP contribution in [0.1, 0.15) is 0 Å². The van der Waals surface area contributed by atoms with Gasteiger partial charge >= 0.3 is 0 Å². The topological polar surface area (TPSA) is 92.4 Å². The van der Waals surface area contributed by atoms with Gasteiger partial charge in [-0.3, -0.25) is 0 Å². The number of rotatable bonds is 4. The first-order chi connectivity index (χ1) is 13.9. The lowest BCUT2D eigenvalue weighted by Gasteiger charge is -2.37. The first kappa shape index (κ1) is 19.3. The van der Waals surface area contributed by atoms with Crippen LogP contribution in [0.4, 0.5) is 15.9 Å². The van der Waals surface area contributed by atoms with Crippen molar-refractivity contribution in [2.45, 2.75) is 4.90 Å². The summed E-state index contributed by atoms with van der Waals surface area (Å²) in [4.78, 5) is 4.24. The van der Waals surface area contributed by atoms with Crippen LogP contribution in [0.5, 0.6) is 0 Å². The Kier molecular flexibility index (Phi) is 5.16. The Balaban J connectivity index is 1.46. The summed E-state index contributed by atoms with van der Waals surface area (Å²) in [6.07, 6.45) is 0. The molecule has 0 amide bonds. The van der Waals surface area contributed by atoms with Crippen molar-refractivity contribution in [2.75, 3.05) is 36.0 Å². The zero-order chi connectivity index (χ0) is 20.4. The molecule has 0 bridgehead atoms. The molecule has 1 saturated heterocycles. The van der Waals surface area contributed by atoms with Gasteiger partial charge in [0.25, 0.3) is 0 Å². The maximum absolute atomic E-state index is 13.1. The Morgan fingerprint density at radius 1 is 0.828 bits per heavy atom. The highest BCUT2D eigenvalue weighted by Crippen LogP contribution is 2.26. The standard InChI is InChI=1S/C20H20FN5O2S/c21-16-7-5-15(6-8-16)17-9-10-20(24-23-17)26-13-11-25(12-14-26)18-3-1-2-4-19(18)29(22,27)28/h1-10H,11-14H2,(H2,22,27,28). The summed E-state index contributed by atoms with van der Waals surface area (Å²) in [5.74, 6) is 0.454. The number of hydrogen-bond acceptors (Lipinski definition) is 6. The van der Waals surface area contributed by atoms with Crippen molar-refractivity contribution in [2.24, 2.45) is 5.14 Å². The van der Waals surface area contributed by atoms with Gasteiger partial charge in [-0.15, -0.1) is 10.2 Å². The molecular formula is C20H20FN5O2S. The Bertz CT molecular complexity index is 1100. The maximum Gasteiger partial charge on any atom is 0.240 e. The van der Waals surface area contributed by atoms with Gasteiger partial charge in [-0.25, -0.2) is 17.9 Å². The molecule has 0 atom stereocenters. The normalized spacial score (nSPS) is 14.8. The van der Waals surface area contributed by atoms with Crippen molar-refractivity contribution >= 4 is 21.5 Å². The second kappa shape index (κ2) is 7.76. The minimum Gasteiger partial charge on any atom is -0.367 e. The third-order valence-corrected chi connectivity index (χ3v) is 5.86. The van der Waals surface area contributed by atoms with Crippen LogP contribution in [-0.2, 0) is 10.0 Å². The van der Waals surface area contributed by atoms with E-state index >= 15 is 0 Å². The summed E-state index contributed by atoms with van der Waals surface area (Å²) >= 11 is 0. The monoisotopic (exact) mass is 413 g/mol. The molecule has 2 N–H and O–H groups in total. The number of aromatic nitrogens is 2. The number of sulfonamides is 1. The quantitative estimate of drug-likeness (QED) is 0.705. The van der Waals surface area contributed by atoms with Crippen LogP contribution in [0.25, 0.3) is 11.3 Å². The summed E-state index contributed by atoms with van der Waals surface area (Å²) < 4.78 is 36.8. The number of anilines is 2. The number of nitrogens with zero attached hydrogens (tertiary/aromatic N) is 4. The Labute approximate surface area is 168 Å². The number of nitrogens with two attached hydrogens (primary N) is 1. The smallest absolute Gasteiger partial charge is 0.240 e. The summed E-state index contributed by atoms with van der Waals surface area (Å²) in [5.41, 5.74) is 2.09. The van der Waals surface area contributed by atoms with E-state index in [4.69, 9.17) is 5.14 Å². The average molecular weight is 413 g/mol. The van der Waals surface area contributed by atoms with Crippen LogP contribution in [0, 0.1) is 5.82 Å². The molecule has 1 aromatic heterocycles. The van der Waals surface area contributed by atoms with Crippen LogP contribution in [0.15, 0.2) is 65.6 Å². The fourth-order valence-corrected chi connectivity index (χ4v) is 4.16. The predicted molar refractivity (Wildman–Crippen MR) is 110 cm³/mol. The van der Waals surface area contributed by atoms with E-state index in [1.807, 2.05) is 17.0 Å². The third-order valence-electron chi connectivity index (χ3n) is 4.91. The van der Waals surface area contributed by atoms with E-state index in [0.717, 1.165) is 11.4 Å². The Morgan fingerprint density at radius 3 is 2.10 bits per heavy atom. The molecule has 4 rings (SSSR count). The van der Waals surface area contributed by atoms with Gasteiger partial charge in [-0.05, 0) is 48.5 Å². The first-order valence-corrected chi connectivity index (χ1v) is 10.7. The minimum atomic E-state index is -3.78. The number of piperazine rings is 1. The van der Waals surface area contributed by atoms with Crippen LogP contribution in [0.3, 0.4) is 0 Å². The number of primary sulfonamides is 1. The molecule has 9 heteroatoms. The molecule has 3 aromatic rings. The highest BCUT2D eigenvalue weighted by molar-refractivity contribution is 7.89. The predicted octanol–water partition coefficient (Wildman–Crippen LogP) is 2.26. The molecule has 0 spiro atoms. The van der Waals surface area contributed by atoms with Gasteiger partial charge in [0.2, 0.25) is 10.0 Å². The van der Waals surface area contributed by atoms with Crippen LogP contribution in [0.2, 0.25) is 0 Å². The fraction of sp³-hybridized carbons (Fsp3) is 0.200. The van der Waals surface area contributed by atoms with E-state index in [1.54, 1.807) is 30.3 Å². The SMILES string of the molecule is NS(=O)(=O)c1ccccc1N1CCN(c2ccc(-c3ccc(F)cc3)nn2)CC1. The number of para-hydroxylation sites is 1. The summed E-state index contributed by atoms with van der Waals surface area (Å²) in [7, 11) is -3.78. The van der Waals surface area contributed by atoms with E-state index in [2.05, 4.69) is 15.1 Å². The molecule has 2 heterocycles. The van der Waals surface area contributed by atoms with E-state index in [0.29, 0.717) is 37.6 Å². The minimum absolute atomic E-state index is 0.136. The van der Waals surface area contributed by atoms with Crippen molar-refractivity contribution in [3.05, 3.63) is 66.5 Å². The number of benzene rings is 2. The van der Waals surface area contributed by atoms with Gasteiger partial charge in [0.05, 0.1) is 11.4 Å². The molecule has 0 unspecified atom stereocenters. The summed E-state index contributed by atoms with van der Waals surface area (Å²) in [6, 6.07) is 16.6. The molecule has 1 aliphatic rings. The van der Waals surface area contributed by atoms with Crippen molar-refractivity contribution in [1.29, 1.82) is 0 Å². The largest absolute Gasteiger partial charge is 0.367 e. The average Bonchev–Trinajstić information content (AvgIpc) is 2.74. The summed E-state index contributed by atoms with van der Waals surface area (Å²) in [6.45, 7) is 2.61. The highest BCUT2D eigenvalue weighted by Gasteiger charge is 2.23. The van der Waals surface area contributed by atoms with Crippen molar-refractivity contribution < 1.29 is 12.8 Å². The fourth-order valence-electron chi connectivity index (χ4n) is 3.40. The lowest BCUT2D eigenvalue weighted by atomic mass is 10.1. The van der Waals surface area contributed by atoms with Crippen LogP contribution >= 0.6 is 0 Å². The molecule has 0 saturated carbocycles. The molecule has 0 radical (unpaired) electrons. The van der Waals surface area contributed by atoms with Gasteiger partial charge in [0.15, 0.2) is 5.82 Å². The second-order valence-electron chi connectivity index (χ2n) is 6.77. The molecule has 150 valence electrons. The van der Waals surface area contributed by atoms with E-state index < -0.39 is 10.0 Å². The molecule has 7 nitrogen and oxygen atoms in total. The van der Waals surface area contributed by atoms with E-state index in [9.17, 15) is 12.8 Å². The van der Waals surface area contributed by atoms with Gasteiger partial charge in [0.1, 0.15) is 10.7 Å². The van der Waals surface area contributed by atoms with Gasteiger partial charge in [0, 0.05) is 31.7 Å². The molecule has 0 aliphatic carbocycles. The van der Waals surface area contributed by atoms with Crippen LogP contribution < -0.4 is 14.9 Å². The van der Waals surface area contributed by atoms with Gasteiger partial charge in [-0.2, -0.15) is 0 Å². The first-order valence-electron chi connectivity index (χ1n) is 9.13. The lowest BCUT2D eigenvalue weighted by Crippen LogP contribution is -2.47. The van der Waals surface area contributed by atoms with Crippen molar-refractivity contribution in [3.63, 3.8) is 0 Å². The zero-order valence-electron chi connectivity index (χ0n) is 15.6. The van der Waals surface area contributed by atoms with Crippen molar-refractivity contribution in [3.8, 4) is 11.3 Å². The van der Waals surface area contributed by atoms with E-state index in [-0.39, 0.29) is 10.7 Å². The maximum atomic E-state index is 13.1. The summed E-state index contributed by atoms with van der Waals surface area (Å²) in [5, 5.41) is 13.9. The molecule has 1 aliphatic heterocycles. The third kappa shape index (κ3) is 4.20. The zero-order valence-corrected chi connectivity index (χ0v) is 16.4. The molecule has 2 aromatic carbocycles. The Hall–Kier alpha value is -3.04. The lowest BCUT2D eigenvalue weighted by molar-refractivity contribution is 0.595. The highest BCUT2D eigenvalue weighted by atomic mass is 32.2. The van der Waals surface area contributed by atoms with Gasteiger partial charge in [-0.1, -0.05) is 12.1 Å². The van der Waals surface area contributed by atoms with Crippen molar-refractivity contribution in [1.82, 2.24) is 10.2 Å². The Morgan fingerprint density at radius 2 is 1.48 bits per heavy atom.